The van der Waals surface area contributed by atoms with Crippen LogP contribution in [0.4, 0.5) is 11.4 Å². The molecule has 3 nitrogen and oxygen atoms in total. The Kier molecular flexibility index (Phi) is 5.70. The summed E-state index contributed by atoms with van der Waals surface area (Å²) in [6, 6.07) is 25.4. The van der Waals surface area contributed by atoms with Crippen molar-refractivity contribution in [1.82, 2.24) is 0 Å². The molecule has 0 aliphatic carbocycles. The minimum atomic E-state index is -0.111. The highest BCUT2D eigenvalue weighted by Crippen LogP contribution is 2.21. The number of amides is 1. The van der Waals surface area contributed by atoms with Gasteiger partial charge in [0, 0.05) is 5.69 Å². The van der Waals surface area contributed by atoms with Crippen molar-refractivity contribution >= 4 is 28.9 Å². The highest BCUT2D eigenvalue weighted by molar-refractivity contribution is 6.33. The summed E-state index contributed by atoms with van der Waals surface area (Å²) in [5, 5.41) is 6.63. The van der Waals surface area contributed by atoms with Gasteiger partial charge in [0.05, 0.1) is 17.3 Å². The standard InChI is InChI=1S/C21H19ClN2O/c22-18-11-5-7-13-20(18)23-15-21(25)24-19-12-6-4-10-17(19)14-16-8-2-1-3-9-16/h1-13,23H,14-15H2,(H,24,25). The second-order valence-electron chi connectivity index (χ2n) is 5.70. The molecule has 126 valence electrons. The number of para-hydroxylation sites is 2. The van der Waals surface area contributed by atoms with Gasteiger partial charge in [0.2, 0.25) is 5.91 Å². The molecule has 0 aliphatic heterocycles. The number of nitrogens with one attached hydrogen (secondary N) is 2. The van der Waals surface area contributed by atoms with Crippen LogP contribution in [-0.2, 0) is 11.2 Å². The first-order chi connectivity index (χ1) is 12.2. The highest BCUT2D eigenvalue weighted by Gasteiger charge is 2.08. The number of anilines is 2. The first kappa shape index (κ1) is 17.1. The summed E-state index contributed by atoms with van der Waals surface area (Å²) >= 11 is 6.09. The third-order valence-corrected chi connectivity index (χ3v) is 4.17. The molecule has 0 saturated heterocycles. The van der Waals surface area contributed by atoms with Gasteiger partial charge in [-0.25, -0.2) is 0 Å². The molecule has 0 unspecified atom stereocenters. The number of halogens is 1. The summed E-state index contributed by atoms with van der Waals surface area (Å²) in [4.78, 5) is 12.3. The van der Waals surface area contributed by atoms with Crippen LogP contribution in [-0.4, -0.2) is 12.5 Å². The number of hydrogen-bond donors (Lipinski definition) is 2. The molecule has 3 rings (SSSR count). The Morgan fingerprint density at radius 1 is 0.800 bits per heavy atom. The van der Waals surface area contributed by atoms with Crippen molar-refractivity contribution in [2.75, 3.05) is 17.2 Å². The Morgan fingerprint density at radius 3 is 2.20 bits per heavy atom. The highest BCUT2D eigenvalue weighted by atomic mass is 35.5. The first-order valence-corrected chi connectivity index (χ1v) is 8.50. The van der Waals surface area contributed by atoms with Crippen LogP contribution in [0.2, 0.25) is 5.02 Å². The van der Waals surface area contributed by atoms with Gasteiger partial charge in [-0.2, -0.15) is 0 Å². The van der Waals surface area contributed by atoms with E-state index in [1.165, 1.54) is 5.56 Å². The smallest absolute Gasteiger partial charge is 0.243 e. The van der Waals surface area contributed by atoms with Crippen LogP contribution >= 0.6 is 11.6 Å². The van der Waals surface area contributed by atoms with E-state index in [4.69, 9.17) is 11.6 Å². The average molecular weight is 351 g/mol. The minimum Gasteiger partial charge on any atom is -0.375 e. The van der Waals surface area contributed by atoms with E-state index in [1.54, 1.807) is 6.07 Å². The largest absolute Gasteiger partial charge is 0.375 e. The predicted molar refractivity (Wildman–Crippen MR) is 104 cm³/mol. The van der Waals surface area contributed by atoms with E-state index >= 15 is 0 Å². The normalized spacial score (nSPS) is 10.3. The van der Waals surface area contributed by atoms with Gasteiger partial charge >= 0.3 is 0 Å². The Hall–Kier alpha value is -2.78. The third-order valence-electron chi connectivity index (χ3n) is 3.84. The molecule has 3 aromatic carbocycles. The summed E-state index contributed by atoms with van der Waals surface area (Å²) in [7, 11) is 0. The molecule has 25 heavy (non-hydrogen) atoms. The molecule has 0 atom stereocenters. The first-order valence-electron chi connectivity index (χ1n) is 8.12. The van der Waals surface area contributed by atoms with Crippen molar-refractivity contribution < 1.29 is 4.79 Å². The summed E-state index contributed by atoms with van der Waals surface area (Å²) in [5.41, 5.74) is 3.87. The van der Waals surface area contributed by atoms with Crippen molar-refractivity contribution in [3.05, 3.63) is 95.0 Å². The van der Waals surface area contributed by atoms with E-state index in [2.05, 4.69) is 22.8 Å². The molecule has 0 saturated carbocycles. The van der Waals surface area contributed by atoms with E-state index in [1.807, 2.05) is 60.7 Å². The van der Waals surface area contributed by atoms with Gasteiger partial charge in [-0.1, -0.05) is 72.3 Å². The second kappa shape index (κ2) is 8.36. The van der Waals surface area contributed by atoms with E-state index in [0.717, 1.165) is 23.4 Å². The maximum atomic E-state index is 12.3. The minimum absolute atomic E-state index is 0.111. The molecule has 0 spiro atoms. The third kappa shape index (κ3) is 4.85. The number of hydrogen-bond acceptors (Lipinski definition) is 2. The van der Waals surface area contributed by atoms with Crippen molar-refractivity contribution in [2.45, 2.75) is 6.42 Å². The fourth-order valence-corrected chi connectivity index (χ4v) is 2.79. The fourth-order valence-electron chi connectivity index (χ4n) is 2.59. The zero-order valence-electron chi connectivity index (χ0n) is 13.7. The van der Waals surface area contributed by atoms with Gasteiger partial charge in [-0.05, 0) is 35.7 Å². The second-order valence-corrected chi connectivity index (χ2v) is 6.11. The Balaban J connectivity index is 1.64. The van der Waals surface area contributed by atoms with E-state index in [0.29, 0.717) is 5.02 Å². The summed E-state index contributed by atoms with van der Waals surface area (Å²) in [6.45, 7) is 0.156. The van der Waals surface area contributed by atoms with Crippen LogP contribution in [0.3, 0.4) is 0 Å². The van der Waals surface area contributed by atoms with Gasteiger partial charge in [0.25, 0.3) is 0 Å². The van der Waals surface area contributed by atoms with E-state index < -0.39 is 0 Å². The van der Waals surface area contributed by atoms with Crippen LogP contribution in [0.1, 0.15) is 11.1 Å². The summed E-state index contributed by atoms with van der Waals surface area (Å²) < 4.78 is 0. The monoisotopic (exact) mass is 350 g/mol. The molecule has 0 radical (unpaired) electrons. The van der Waals surface area contributed by atoms with Gasteiger partial charge in [-0.15, -0.1) is 0 Å². The van der Waals surface area contributed by atoms with Gasteiger partial charge in [0.1, 0.15) is 0 Å². The topological polar surface area (TPSA) is 41.1 Å². The molecule has 1 amide bonds. The van der Waals surface area contributed by atoms with Crippen molar-refractivity contribution in [1.29, 1.82) is 0 Å². The van der Waals surface area contributed by atoms with Gasteiger partial charge in [0.15, 0.2) is 0 Å². The number of carbonyl (C=O) groups excluding carboxylic acids is 1. The fraction of sp³-hybridized carbons (Fsp3) is 0.0952. The zero-order valence-corrected chi connectivity index (χ0v) is 14.5. The Morgan fingerprint density at radius 2 is 1.44 bits per heavy atom. The lowest BCUT2D eigenvalue weighted by atomic mass is 10.0. The lowest BCUT2D eigenvalue weighted by Gasteiger charge is -2.12. The lowest BCUT2D eigenvalue weighted by molar-refractivity contribution is -0.114. The van der Waals surface area contributed by atoms with Crippen LogP contribution in [0.25, 0.3) is 0 Å². The van der Waals surface area contributed by atoms with Crippen molar-refractivity contribution in [2.24, 2.45) is 0 Å². The molecule has 0 aromatic heterocycles. The SMILES string of the molecule is O=C(CNc1ccccc1Cl)Nc1ccccc1Cc1ccccc1. The zero-order chi connectivity index (χ0) is 17.5. The Bertz CT molecular complexity index is 849. The molecule has 0 aliphatic rings. The quantitative estimate of drug-likeness (QED) is 0.658. The number of rotatable bonds is 6. The van der Waals surface area contributed by atoms with Crippen LogP contribution in [0.15, 0.2) is 78.9 Å². The molecule has 0 bridgehead atoms. The lowest BCUT2D eigenvalue weighted by Crippen LogP contribution is -2.22. The van der Waals surface area contributed by atoms with Crippen LogP contribution < -0.4 is 10.6 Å². The van der Waals surface area contributed by atoms with E-state index in [9.17, 15) is 4.79 Å². The summed E-state index contributed by atoms with van der Waals surface area (Å²) in [5.74, 6) is -0.111. The molecule has 4 heteroatoms. The molecule has 0 fully saturated rings. The Labute approximate surface area is 152 Å². The molecule has 3 aromatic rings. The van der Waals surface area contributed by atoms with Crippen molar-refractivity contribution in [3.63, 3.8) is 0 Å². The molecular formula is C21H19ClN2O. The van der Waals surface area contributed by atoms with Crippen LogP contribution in [0.5, 0.6) is 0 Å². The predicted octanol–water partition coefficient (Wildman–Crippen LogP) is 4.98. The molecular weight excluding hydrogens is 332 g/mol. The summed E-state index contributed by atoms with van der Waals surface area (Å²) in [6.07, 6.45) is 0.773. The van der Waals surface area contributed by atoms with Gasteiger partial charge < -0.3 is 10.6 Å². The maximum absolute atomic E-state index is 12.3. The van der Waals surface area contributed by atoms with Crippen LogP contribution in [0, 0.1) is 0 Å². The molecule has 0 heterocycles. The molecule has 2 N–H and O–H groups in total. The van der Waals surface area contributed by atoms with E-state index in [-0.39, 0.29) is 12.5 Å². The van der Waals surface area contributed by atoms with Crippen molar-refractivity contribution in [3.8, 4) is 0 Å². The average Bonchev–Trinajstić information content (AvgIpc) is 2.64. The number of benzene rings is 3. The maximum Gasteiger partial charge on any atom is 0.243 e. The number of carbonyl (C=O) groups is 1. The van der Waals surface area contributed by atoms with Gasteiger partial charge in [-0.3, -0.25) is 4.79 Å².